The van der Waals surface area contributed by atoms with Gasteiger partial charge in [0.15, 0.2) is 0 Å². The molecule has 88 valence electrons. The lowest BCUT2D eigenvalue weighted by Crippen LogP contribution is -1.99. The van der Waals surface area contributed by atoms with Gasteiger partial charge >= 0.3 is 0 Å². The van der Waals surface area contributed by atoms with E-state index in [-0.39, 0.29) is 0 Å². The lowest BCUT2D eigenvalue weighted by Gasteiger charge is -2.10. The molecule has 0 saturated carbocycles. The first-order valence-electron chi connectivity index (χ1n) is 5.05. The maximum Gasteiger partial charge on any atom is 0.0485 e. The predicted molar refractivity (Wildman–Crippen MR) is 74.8 cm³/mol. The van der Waals surface area contributed by atoms with Crippen molar-refractivity contribution in [2.75, 3.05) is 0 Å². The second-order valence-electron chi connectivity index (χ2n) is 3.63. The average Bonchev–Trinajstić information content (AvgIpc) is 2.32. The quantitative estimate of drug-likeness (QED) is 0.845. The van der Waals surface area contributed by atoms with E-state index >= 15 is 0 Å². The molecule has 0 heterocycles. The molecule has 0 aliphatic heterocycles. The van der Waals surface area contributed by atoms with Gasteiger partial charge in [-0.1, -0.05) is 40.9 Å². The van der Waals surface area contributed by atoms with Gasteiger partial charge in [-0.15, -0.1) is 0 Å². The Kier molecular flexibility index (Phi) is 3.95. The van der Waals surface area contributed by atoms with E-state index in [1.807, 2.05) is 24.3 Å². The van der Waals surface area contributed by atoms with Crippen LogP contribution in [0.5, 0.6) is 0 Å². The van der Waals surface area contributed by atoms with Crippen LogP contribution in [0.3, 0.4) is 0 Å². The van der Waals surface area contributed by atoms with Gasteiger partial charge in [-0.2, -0.15) is 0 Å². The third-order valence-electron chi connectivity index (χ3n) is 2.51. The number of benzene rings is 2. The molecule has 0 amide bonds. The number of rotatable bonds is 2. The first kappa shape index (κ1) is 12.7. The van der Waals surface area contributed by atoms with Crippen LogP contribution >= 0.6 is 34.8 Å². The molecule has 0 aliphatic rings. The summed E-state index contributed by atoms with van der Waals surface area (Å²) in [4.78, 5) is 0. The molecule has 2 aromatic carbocycles. The second kappa shape index (κ2) is 5.28. The van der Waals surface area contributed by atoms with Crippen molar-refractivity contribution >= 4 is 34.8 Å². The minimum Gasteiger partial charge on any atom is -0.326 e. The summed E-state index contributed by atoms with van der Waals surface area (Å²) in [6.07, 6.45) is 0. The largest absolute Gasteiger partial charge is 0.326 e. The fourth-order valence-corrected chi connectivity index (χ4v) is 2.28. The van der Waals surface area contributed by atoms with E-state index in [2.05, 4.69) is 0 Å². The summed E-state index contributed by atoms with van der Waals surface area (Å²) >= 11 is 18.1. The van der Waals surface area contributed by atoms with Crippen molar-refractivity contribution < 1.29 is 0 Å². The molecule has 0 aromatic heterocycles. The maximum absolute atomic E-state index is 6.17. The van der Waals surface area contributed by atoms with Crippen LogP contribution in [0.15, 0.2) is 36.4 Å². The molecule has 1 nitrogen and oxygen atoms in total. The van der Waals surface area contributed by atoms with Crippen molar-refractivity contribution in [1.82, 2.24) is 0 Å². The van der Waals surface area contributed by atoms with Crippen LogP contribution in [0.2, 0.25) is 15.1 Å². The Bertz CT molecular complexity index is 552. The summed E-state index contributed by atoms with van der Waals surface area (Å²) in [6, 6.07) is 10.9. The molecule has 0 bridgehead atoms. The zero-order valence-electron chi connectivity index (χ0n) is 8.88. The first-order valence-corrected chi connectivity index (χ1v) is 6.19. The maximum atomic E-state index is 6.17. The van der Waals surface area contributed by atoms with Crippen molar-refractivity contribution in [2.24, 2.45) is 5.73 Å². The van der Waals surface area contributed by atoms with Crippen molar-refractivity contribution in [2.45, 2.75) is 6.54 Å². The topological polar surface area (TPSA) is 26.0 Å². The van der Waals surface area contributed by atoms with E-state index in [4.69, 9.17) is 40.5 Å². The predicted octanol–water partition coefficient (Wildman–Crippen LogP) is 4.77. The fraction of sp³-hybridized carbons (Fsp3) is 0.0769. The molecule has 2 N–H and O–H groups in total. The summed E-state index contributed by atoms with van der Waals surface area (Å²) in [5, 5.41) is 1.95. The zero-order valence-corrected chi connectivity index (χ0v) is 11.2. The molecular weight excluding hydrogens is 277 g/mol. The van der Waals surface area contributed by atoms with Crippen molar-refractivity contribution in [3.8, 4) is 11.1 Å². The summed E-state index contributed by atoms with van der Waals surface area (Å²) in [6.45, 7) is 0.402. The third-order valence-corrected chi connectivity index (χ3v) is 3.31. The highest BCUT2D eigenvalue weighted by Gasteiger charge is 2.09. The molecular formula is C13H10Cl3N. The average molecular weight is 287 g/mol. The van der Waals surface area contributed by atoms with E-state index in [1.165, 1.54) is 0 Å². The van der Waals surface area contributed by atoms with Crippen molar-refractivity contribution in [3.63, 3.8) is 0 Å². The van der Waals surface area contributed by atoms with Crippen LogP contribution in [-0.2, 0) is 6.54 Å². The minimum atomic E-state index is 0.402. The normalized spacial score (nSPS) is 10.6. The van der Waals surface area contributed by atoms with Gasteiger partial charge in [0.1, 0.15) is 0 Å². The van der Waals surface area contributed by atoms with Crippen molar-refractivity contribution in [3.05, 3.63) is 57.0 Å². The molecule has 2 rings (SSSR count). The van der Waals surface area contributed by atoms with Gasteiger partial charge in [0.25, 0.3) is 0 Å². The summed E-state index contributed by atoms with van der Waals surface area (Å²) in [5.74, 6) is 0. The van der Waals surface area contributed by atoms with Crippen LogP contribution in [-0.4, -0.2) is 0 Å². The van der Waals surface area contributed by atoms with Gasteiger partial charge in [-0.25, -0.2) is 0 Å². The number of nitrogens with two attached hydrogens (primary N) is 1. The van der Waals surface area contributed by atoms with Gasteiger partial charge in [0.05, 0.1) is 0 Å². The van der Waals surface area contributed by atoms with Gasteiger partial charge in [-0.05, 0) is 41.5 Å². The van der Waals surface area contributed by atoms with Crippen LogP contribution in [0.25, 0.3) is 11.1 Å². The lowest BCUT2D eigenvalue weighted by atomic mass is 10.00. The van der Waals surface area contributed by atoms with Gasteiger partial charge in [0.2, 0.25) is 0 Å². The Morgan fingerprint density at radius 2 is 1.47 bits per heavy atom. The smallest absolute Gasteiger partial charge is 0.0485 e. The highest BCUT2D eigenvalue weighted by molar-refractivity contribution is 6.35. The number of halogens is 3. The molecule has 2 aromatic rings. The first-order chi connectivity index (χ1) is 8.11. The Morgan fingerprint density at radius 3 is 2.18 bits per heavy atom. The monoisotopic (exact) mass is 285 g/mol. The van der Waals surface area contributed by atoms with Crippen molar-refractivity contribution in [1.29, 1.82) is 0 Å². The molecule has 0 atom stereocenters. The summed E-state index contributed by atoms with van der Waals surface area (Å²) < 4.78 is 0. The van der Waals surface area contributed by atoms with E-state index < -0.39 is 0 Å². The van der Waals surface area contributed by atoms with Crippen LogP contribution in [0, 0.1) is 0 Å². The van der Waals surface area contributed by atoms with Crippen LogP contribution in [0.1, 0.15) is 5.56 Å². The Labute approximate surface area is 115 Å². The molecule has 0 unspecified atom stereocenters. The Morgan fingerprint density at radius 1 is 0.824 bits per heavy atom. The molecule has 0 saturated heterocycles. The molecule has 0 radical (unpaired) electrons. The molecule has 0 aliphatic carbocycles. The minimum absolute atomic E-state index is 0.402. The summed E-state index contributed by atoms with van der Waals surface area (Å²) in [5.41, 5.74) is 8.49. The van der Waals surface area contributed by atoms with Gasteiger partial charge < -0.3 is 5.73 Å². The Hall–Kier alpha value is -0.730. The van der Waals surface area contributed by atoms with E-state index in [0.717, 1.165) is 16.7 Å². The van der Waals surface area contributed by atoms with E-state index in [9.17, 15) is 0 Å². The van der Waals surface area contributed by atoms with Gasteiger partial charge in [-0.3, -0.25) is 0 Å². The molecule has 0 spiro atoms. The molecule has 0 fully saturated rings. The third kappa shape index (κ3) is 2.75. The number of hydrogen-bond donors (Lipinski definition) is 1. The molecule has 4 heteroatoms. The van der Waals surface area contributed by atoms with E-state index in [1.54, 1.807) is 12.1 Å². The number of hydrogen-bond acceptors (Lipinski definition) is 1. The van der Waals surface area contributed by atoms with E-state index in [0.29, 0.717) is 21.6 Å². The standard InChI is InChI=1S/C13H10Cl3N/c14-9-1-3-11(8(5-9)7-17)12-6-10(15)2-4-13(12)16/h1-6H,7,17H2. The summed E-state index contributed by atoms with van der Waals surface area (Å²) in [7, 11) is 0. The SMILES string of the molecule is NCc1cc(Cl)ccc1-c1cc(Cl)ccc1Cl. The lowest BCUT2D eigenvalue weighted by molar-refractivity contribution is 1.07. The fourth-order valence-electron chi connectivity index (χ4n) is 1.70. The Balaban J connectivity index is 2.63. The highest BCUT2D eigenvalue weighted by atomic mass is 35.5. The molecule has 17 heavy (non-hydrogen) atoms. The van der Waals surface area contributed by atoms with Gasteiger partial charge in [0, 0.05) is 27.2 Å². The zero-order chi connectivity index (χ0) is 12.4. The van der Waals surface area contributed by atoms with Crippen LogP contribution in [0.4, 0.5) is 0 Å². The second-order valence-corrected chi connectivity index (χ2v) is 4.91. The van der Waals surface area contributed by atoms with Crippen LogP contribution < -0.4 is 5.73 Å². The highest BCUT2D eigenvalue weighted by Crippen LogP contribution is 2.33.